The number of rotatable bonds is 4. The summed E-state index contributed by atoms with van der Waals surface area (Å²) in [5.74, 6) is -0.271. The van der Waals surface area contributed by atoms with E-state index in [0.717, 1.165) is 44.4 Å². The Morgan fingerprint density at radius 1 is 1.07 bits per heavy atom. The second-order valence-electron chi connectivity index (χ2n) is 7.04. The maximum absolute atomic E-state index is 12.9. The first-order chi connectivity index (χ1) is 14.3. The summed E-state index contributed by atoms with van der Waals surface area (Å²) in [6.07, 6.45) is 1.81. The largest absolute Gasteiger partial charge is 0.318 e. The van der Waals surface area contributed by atoms with Gasteiger partial charge in [-0.15, -0.1) is 0 Å². The van der Waals surface area contributed by atoms with E-state index in [-0.39, 0.29) is 17.7 Å². The molecule has 30 heavy (non-hydrogen) atoms. The highest BCUT2D eigenvalue weighted by atomic mass is 79.9. The van der Waals surface area contributed by atoms with Gasteiger partial charge in [0.05, 0.1) is 11.4 Å². The number of imide groups is 1. The molecule has 0 N–H and O–H groups in total. The molecule has 1 aliphatic heterocycles. The quantitative estimate of drug-likeness (QED) is 0.372. The van der Waals surface area contributed by atoms with Gasteiger partial charge in [-0.25, -0.2) is 0 Å². The molecule has 4 nitrogen and oxygen atoms in total. The monoisotopic (exact) mass is 500 g/mol. The van der Waals surface area contributed by atoms with Crippen LogP contribution in [0.15, 0.2) is 64.0 Å². The van der Waals surface area contributed by atoms with Gasteiger partial charge >= 0.3 is 0 Å². The molecule has 0 atom stereocenters. The number of carbonyl (C=O) groups is 2. The lowest BCUT2D eigenvalue weighted by Gasteiger charge is -2.12. The molecule has 2 amide bonds. The van der Waals surface area contributed by atoms with E-state index in [1.54, 1.807) is 12.1 Å². The Morgan fingerprint density at radius 2 is 1.80 bits per heavy atom. The number of hydrogen-bond acceptors (Lipinski definition) is 3. The van der Waals surface area contributed by atoms with Crippen LogP contribution in [-0.2, 0) is 11.3 Å². The molecule has 0 unspecified atom stereocenters. The first kappa shape index (κ1) is 21.0. The van der Waals surface area contributed by atoms with E-state index < -0.39 is 0 Å². The lowest BCUT2D eigenvalue weighted by Crippen LogP contribution is -2.27. The van der Waals surface area contributed by atoms with Crippen LogP contribution in [0, 0.1) is 13.8 Å². The topological polar surface area (TPSA) is 42.3 Å². The second kappa shape index (κ2) is 8.46. The van der Waals surface area contributed by atoms with Crippen molar-refractivity contribution < 1.29 is 9.59 Å². The Hall–Kier alpha value is -2.28. The molecule has 1 aliphatic rings. The maximum Gasteiger partial charge on any atom is 0.293 e. The molecule has 0 radical (unpaired) electrons. The molecule has 0 saturated carbocycles. The lowest BCUT2D eigenvalue weighted by molar-refractivity contribution is -0.123. The van der Waals surface area contributed by atoms with Gasteiger partial charge < -0.3 is 4.57 Å². The predicted molar refractivity (Wildman–Crippen MR) is 126 cm³/mol. The fraction of sp³-hybridized carbons (Fsp3) is 0.130. The zero-order valence-electron chi connectivity index (χ0n) is 16.4. The van der Waals surface area contributed by atoms with Crippen LogP contribution in [-0.4, -0.2) is 20.6 Å². The van der Waals surface area contributed by atoms with Crippen molar-refractivity contribution in [2.24, 2.45) is 0 Å². The third-order valence-corrected chi connectivity index (χ3v) is 6.60. The average Bonchev–Trinajstić information content (AvgIpc) is 3.13. The van der Waals surface area contributed by atoms with E-state index in [1.807, 2.05) is 62.4 Å². The zero-order valence-corrected chi connectivity index (χ0v) is 19.5. The molecule has 1 saturated heterocycles. The van der Waals surface area contributed by atoms with E-state index >= 15 is 0 Å². The molecule has 3 aromatic rings. The highest BCUT2D eigenvalue weighted by Gasteiger charge is 2.35. The Labute approximate surface area is 192 Å². The predicted octanol–water partition coefficient (Wildman–Crippen LogP) is 6.75. The van der Waals surface area contributed by atoms with Gasteiger partial charge in [-0.1, -0.05) is 45.7 Å². The first-order valence-electron chi connectivity index (χ1n) is 9.28. The second-order valence-corrected chi connectivity index (χ2v) is 9.38. The van der Waals surface area contributed by atoms with E-state index in [2.05, 4.69) is 20.5 Å². The van der Waals surface area contributed by atoms with Gasteiger partial charge in [-0.05, 0) is 79.2 Å². The van der Waals surface area contributed by atoms with Gasteiger partial charge in [0, 0.05) is 26.6 Å². The first-order valence-corrected chi connectivity index (χ1v) is 11.3. The van der Waals surface area contributed by atoms with E-state index in [0.29, 0.717) is 9.93 Å². The molecule has 0 aliphatic carbocycles. The maximum atomic E-state index is 12.9. The number of benzene rings is 2. The number of nitrogens with zero attached hydrogens (tertiary/aromatic N) is 2. The molecule has 2 heterocycles. The minimum Gasteiger partial charge on any atom is -0.318 e. The van der Waals surface area contributed by atoms with Crippen molar-refractivity contribution >= 4 is 56.5 Å². The standard InChI is InChI=1S/C23H18BrClN2O2S/c1-14-10-17(15(2)27(14)20-5-3-4-18(24)12-20)11-21-22(28)26(23(29)30-21)13-16-6-8-19(25)9-7-16/h3-12H,13H2,1-2H3/b21-11+. The van der Waals surface area contributed by atoms with Crippen LogP contribution < -0.4 is 0 Å². The number of halogens is 2. The third-order valence-electron chi connectivity index (χ3n) is 4.95. The van der Waals surface area contributed by atoms with Crippen molar-refractivity contribution in [1.82, 2.24) is 9.47 Å². The summed E-state index contributed by atoms with van der Waals surface area (Å²) in [6, 6.07) is 17.2. The molecule has 152 valence electrons. The Kier molecular flexibility index (Phi) is 5.91. The van der Waals surface area contributed by atoms with Gasteiger partial charge in [0.2, 0.25) is 0 Å². The van der Waals surface area contributed by atoms with Crippen LogP contribution in [0.2, 0.25) is 5.02 Å². The summed E-state index contributed by atoms with van der Waals surface area (Å²) in [4.78, 5) is 27.1. The summed E-state index contributed by atoms with van der Waals surface area (Å²) in [5, 5.41) is 0.357. The molecule has 1 aromatic heterocycles. The third kappa shape index (κ3) is 4.13. The number of carbonyl (C=O) groups excluding carboxylic acids is 2. The van der Waals surface area contributed by atoms with Crippen molar-refractivity contribution in [2.75, 3.05) is 0 Å². The van der Waals surface area contributed by atoms with Crippen molar-refractivity contribution in [1.29, 1.82) is 0 Å². The minimum atomic E-state index is -0.271. The Bertz CT molecular complexity index is 1180. The van der Waals surface area contributed by atoms with Crippen molar-refractivity contribution in [2.45, 2.75) is 20.4 Å². The fourth-order valence-electron chi connectivity index (χ4n) is 3.50. The van der Waals surface area contributed by atoms with Crippen molar-refractivity contribution in [3.05, 3.63) is 91.5 Å². The zero-order chi connectivity index (χ0) is 21.4. The van der Waals surface area contributed by atoms with Gasteiger partial charge in [-0.3, -0.25) is 14.5 Å². The number of aromatic nitrogens is 1. The lowest BCUT2D eigenvalue weighted by atomic mass is 10.2. The van der Waals surface area contributed by atoms with E-state index in [4.69, 9.17) is 11.6 Å². The number of amides is 2. The molecule has 4 rings (SSSR count). The van der Waals surface area contributed by atoms with Gasteiger partial charge in [0.1, 0.15) is 0 Å². The summed E-state index contributed by atoms with van der Waals surface area (Å²) in [5.41, 5.74) is 4.88. The van der Waals surface area contributed by atoms with Gasteiger partial charge in [-0.2, -0.15) is 0 Å². The average molecular weight is 502 g/mol. The van der Waals surface area contributed by atoms with Crippen LogP contribution in [0.25, 0.3) is 11.8 Å². The van der Waals surface area contributed by atoms with Crippen molar-refractivity contribution in [3.63, 3.8) is 0 Å². The van der Waals surface area contributed by atoms with Crippen LogP contribution in [0.5, 0.6) is 0 Å². The molecule has 1 fully saturated rings. The van der Waals surface area contributed by atoms with E-state index in [9.17, 15) is 9.59 Å². The number of aryl methyl sites for hydroxylation is 1. The van der Waals surface area contributed by atoms with E-state index in [1.165, 1.54) is 4.90 Å². The summed E-state index contributed by atoms with van der Waals surface area (Å²) < 4.78 is 3.13. The highest BCUT2D eigenvalue weighted by Crippen LogP contribution is 2.35. The highest BCUT2D eigenvalue weighted by molar-refractivity contribution is 9.10. The normalized spacial score (nSPS) is 15.5. The molecular weight excluding hydrogens is 484 g/mol. The Morgan fingerprint density at radius 3 is 2.50 bits per heavy atom. The van der Waals surface area contributed by atoms with Gasteiger partial charge in [0.25, 0.3) is 11.1 Å². The summed E-state index contributed by atoms with van der Waals surface area (Å²) in [6.45, 7) is 4.27. The Balaban J connectivity index is 1.62. The smallest absolute Gasteiger partial charge is 0.293 e. The molecular formula is C23H18BrClN2O2S. The SMILES string of the molecule is Cc1cc(/C=C2/SC(=O)N(Cc3ccc(Cl)cc3)C2=O)c(C)n1-c1cccc(Br)c1. The number of hydrogen-bond donors (Lipinski definition) is 0. The summed E-state index contributed by atoms with van der Waals surface area (Å²) in [7, 11) is 0. The molecule has 2 aromatic carbocycles. The molecule has 0 bridgehead atoms. The number of thioether (sulfide) groups is 1. The molecule has 0 spiro atoms. The fourth-order valence-corrected chi connectivity index (χ4v) is 4.84. The van der Waals surface area contributed by atoms with Crippen LogP contribution in [0.4, 0.5) is 4.79 Å². The van der Waals surface area contributed by atoms with Crippen LogP contribution in [0.3, 0.4) is 0 Å². The molecule has 7 heteroatoms. The van der Waals surface area contributed by atoms with Crippen LogP contribution >= 0.6 is 39.3 Å². The summed E-state index contributed by atoms with van der Waals surface area (Å²) >= 11 is 10.4. The minimum absolute atomic E-state index is 0.232. The van der Waals surface area contributed by atoms with Crippen LogP contribution in [0.1, 0.15) is 22.5 Å². The van der Waals surface area contributed by atoms with Gasteiger partial charge in [0.15, 0.2) is 0 Å². The van der Waals surface area contributed by atoms with Crippen molar-refractivity contribution in [3.8, 4) is 5.69 Å².